The second-order valence-corrected chi connectivity index (χ2v) is 9.56. The molecule has 3 N–H and O–H groups in total. The molecule has 1 unspecified atom stereocenters. The molecule has 0 radical (unpaired) electrons. The van der Waals surface area contributed by atoms with Crippen molar-refractivity contribution in [2.75, 3.05) is 19.0 Å². The molecule has 3 aromatic rings. The van der Waals surface area contributed by atoms with Crippen LogP contribution in [-0.4, -0.2) is 30.8 Å². The average molecular weight is 469 g/mol. The molecule has 5 nitrogen and oxygen atoms in total. The van der Waals surface area contributed by atoms with Crippen molar-refractivity contribution in [2.24, 2.45) is 5.92 Å². The number of anilines is 1. The molecule has 180 valence electrons. The van der Waals surface area contributed by atoms with E-state index >= 15 is 0 Å². The van der Waals surface area contributed by atoms with E-state index in [1.54, 1.807) is 7.11 Å². The van der Waals surface area contributed by atoms with Crippen molar-refractivity contribution in [3.05, 3.63) is 101 Å². The van der Waals surface area contributed by atoms with Crippen LogP contribution in [0.25, 0.3) is 11.1 Å². The highest BCUT2D eigenvalue weighted by Gasteiger charge is 2.33. The minimum atomic E-state index is -0.647. The van der Waals surface area contributed by atoms with Crippen molar-refractivity contribution >= 4 is 11.6 Å². The Kier molecular flexibility index (Phi) is 6.71. The van der Waals surface area contributed by atoms with Gasteiger partial charge in [-0.15, -0.1) is 0 Å². The third-order valence-electron chi connectivity index (χ3n) is 7.33. The number of nitrogens with one attached hydrogen (secondary N) is 2. The van der Waals surface area contributed by atoms with Crippen LogP contribution in [-0.2, 0) is 11.2 Å². The molecule has 2 aliphatic carbocycles. The Bertz CT molecular complexity index is 1230. The highest BCUT2D eigenvalue weighted by Crippen LogP contribution is 2.36. The molecule has 2 aliphatic rings. The Morgan fingerprint density at radius 1 is 1.03 bits per heavy atom. The quantitative estimate of drug-likeness (QED) is 0.429. The van der Waals surface area contributed by atoms with Crippen molar-refractivity contribution in [1.29, 1.82) is 0 Å². The monoisotopic (exact) mass is 468 g/mol. The number of hydrogen-bond acceptors (Lipinski definition) is 4. The number of hydrogen-bond donors (Lipinski definition) is 3. The molecule has 0 spiro atoms. The molecular weight excluding hydrogens is 436 g/mol. The van der Waals surface area contributed by atoms with Crippen molar-refractivity contribution in [3.8, 4) is 11.1 Å². The van der Waals surface area contributed by atoms with Gasteiger partial charge in [0.05, 0.1) is 18.8 Å². The third kappa shape index (κ3) is 4.88. The molecule has 35 heavy (non-hydrogen) atoms. The SMILES string of the molecule is COC[C@@H]1CCC(Nc2ccc3c(c2)C(NC(=O)c2ccc(-c4ccccc4)cc2)[C@H](O)C3)=C1C. The summed E-state index contributed by atoms with van der Waals surface area (Å²) in [6.45, 7) is 2.91. The highest BCUT2D eigenvalue weighted by atomic mass is 16.5. The van der Waals surface area contributed by atoms with Gasteiger partial charge in [0.1, 0.15) is 0 Å². The Balaban J connectivity index is 1.31. The minimum absolute atomic E-state index is 0.184. The van der Waals surface area contributed by atoms with Gasteiger partial charge in [0.15, 0.2) is 0 Å². The molecular formula is C30H32N2O3. The first kappa shape index (κ1) is 23.3. The maximum absolute atomic E-state index is 13.1. The molecule has 0 bridgehead atoms. The first-order chi connectivity index (χ1) is 17.0. The van der Waals surface area contributed by atoms with Crippen LogP contribution in [0.5, 0.6) is 0 Å². The van der Waals surface area contributed by atoms with Crippen LogP contribution in [0.1, 0.15) is 47.3 Å². The van der Waals surface area contributed by atoms with Gasteiger partial charge in [-0.2, -0.15) is 0 Å². The number of benzene rings is 3. The lowest BCUT2D eigenvalue weighted by molar-refractivity contribution is 0.0858. The number of amides is 1. The first-order valence-electron chi connectivity index (χ1n) is 12.3. The fourth-order valence-corrected chi connectivity index (χ4v) is 5.27. The maximum Gasteiger partial charge on any atom is 0.251 e. The summed E-state index contributed by atoms with van der Waals surface area (Å²) < 4.78 is 5.35. The normalized spacial score (nSPS) is 21.2. The summed E-state index contributed by atoms with van der Waals surface area (Å²) in [6.07, 6.45) is 1.98. The molecule has 0 saturated carbocycles. The number of ether oxygens (including phenoxy) is 1. The minimum Gasteiger partial charge on any atom is -0.390 e. The number of carbonyl (C=O) groups excluding carboxylic acids is 1. The average Bonchev–Trinajstić information content (AvgIpc) is 3.38. The smallest absolute Gasteiger partial charge is 0.251 e. The van der Waals surface area contributed by atoms with Crippen molar-refractivity contribution in [2.45, 2.75) is 38.3 Å². The van der Waals surface area contributed by atoms with Crippen LogP contribution < -0.4 is 10.6 Å². The zero-order valence-electron chi connectivity index (χ0n) is 20.3. The van der Waals surface area contributed by atoms with E-state index in [0.717, 1.165) is 47.4 Å². The van der Waals surface area contributed by atoms with E-state index in [1.165, 1.54) is 11.3 Å². The van der Waals surface area contributed by atoms with Crippen molar-refractivity contribution in [1.82, 2.24) is 5.32 Å². The number of aliphatic hydroxyl groups is 1. The van der Waals surface area contributed by atoms with Gasteiger partial charge < -0.3 is 20.5 Å². The number of rotatable bonds is 7. The topological polar surface area (TPSA) is 70.6 Å². The van der Waals surface area contributed by atoms with Gasteiger partial charge in [0.25, 0.3) is 5.91 Å². The largest absolute Gasteiger partial charge is 0.390 e. The van der Waals surface area contributed by atoms with Crippen LogP contribution >= 0.6 is 0 Å². The fraction of sp³-hybridized carbons (Fsp3) is 0.300. The summed E-state index contributed by atoms with van der Waals surface area (Å²) in [4.78, 5) is 13.1. The number of allylic oxidation sites excluding steroid dienone is 1. The zero-order valence-corrected chi connectivity index (χ0v) is 20.3. The molecule has 3 aromatic carbocycles. The molecule has 1 amide bonds. The Labute approximate surface area is 206 Å². The van der Waals surface area contributed by atoms with Gasteiger partial charge in [-0.25, -0.2) is 0 Å². The van der Waals surface area contributed by atoms with Crippen LogP contribution in [0, 0.1) is 5.92 Å². The molecule has 0 aromatic heterocycles. The number of methoxy groups -OCH3 is 1. The molecule has 0 saturated heterocycles. The van der Waals surface area contributed by atoms with Crippen LogP contribution in [0.15, 0.2) is 84.1 Å². The predicted molar refractivity (Wildman–Crippen MR) is 139 cm³/mol. The lowest BCUT2D eigenvalue weighted by Crippen LogP contribution is -2.33. The Hall–Kier alpha value is -3.41. The molecule has 5 heteroatoms. The van der Waals surface area contributed by atoms with E-state index in [2.05, 4.69) is 35.8 Å². The molecule has 0 aliphatic heterocycles. The number of fused-ring (bicyclic) bond motifs is 1. The Morgan fingerprint density at radius 3 is 2.51 bits per heavy atom. The lowest BCUT2D eigenvalue weighted by atomic mass is 10.0. The maximum atomic E-state index is 13.1. The molecule has 3 atom stereocenters. The summed E-state index contributed by atoms with van der Waals surface area (Å²) in [5.74, 6) is 0.274. The second-order valence-electron chi connectivity index (χ2n) is 9.56. The molecule has 0 heterocycles. The standard InChI is InChI=1S/C30H32N2O3/c1-19-24(18-35-2)13-15-27(19)31-25-14-12-23-16-28(33)29(26(23)17-25)32-30(34)22-10-8-21(9-11-22)20-6-4-3-5-7-20/h3-12,14,17,24,28-29,31,33H,13,15-16,18H2,1-2H3,(H,32,34)/t24-,28+,29?/m0/s1. The summed E-state index contributed by atoms with van der Waals surface area (Å²) in [7, 11) is 1.75. The zero-order chi connectivity index (χ0) is 24.4. The summed E-state index contributed by atoms with van der Waals surface area (Å²) in [6, 6.07) is 23.4. The summed E-state index contributed by atoms with van der Waals surface area (Å²) in [5, 5.41) is 17.4. The van der Waals surface area contributed by atoms with Gasteiger partial charge in [0, 0.05) is 36.4 Å². The molecule has 5 rings (SSSR count). The third-order valence-corrected chi connectivity index (χ3v) is 7.33. The lowest BCUT2D eigenvalue weighted by Gasteiger charge is -2.19. The van der Waals surface area contributed by atoms with E-state index in [9.17, 15) is 9.90 Å². The van der Waals surface area contributed by atoms with Gasteiger partial charge in [-0.1, -0.05) is 48.5 Å². The van der Waals surface area contributed by atoms with E-state index in [4.69, 9.17) is 4.74 Å². The van der Waals surface area contributed by atoms with E-state index in [1.807, 2.05) is 54.6 Å². The fourth-order valence-electron chi connectivity index (χ4n) is 5.27. The van der Waals surface area contributed by atoms with E-state index < -0.39 is 12.1 Å². The second kappa shape index (κ2) is 10.1. The number of carbonyl (C=O) groups is 1. The predicted octanol–water partition coefficient (Wildman–Crippen LogP) is 5.48. The van der Waals surface area contributed by atoms with Crippen molar-refractivity contribution < 1.29 is 14.6 Å². The van der Waals surface area contributed by atoms with Gasteiger partial charge in [-0.3, -0.25) is 4.79 Å². The highest BCUT2D eigenvalue weighted by molar-refractivity contribution is 5.95. The Morgan fingerprint density at radius 2 is 1.77 bits per heavy atom. The van der Waals surface area contributed by atoms with Gasteiger partial charge in [0.2, 0.25) is 0 Å². The number of aliphatic hydroxyl groups excluding tert-OH is 1. The van der Waals surface area contributed by atoms with Crippen molar-refractivity contribution in [3.63, 3.8) is 0 Å². The van der Waals surface area contributed by atoms with Crippen LogP contribution in [0.4, 0.5) is 5.69 Å². The van der Waals surface area contributed by atoms with Crippen LogP contribution in [0.2, 0.25) is 0 Å². The van der Waals surface area contributed by atoms with E-state index in [0.29, 0.717) is 17.9 Å². The first-order valence-corrected chi connectivity index (χ1v) is 12.3. The molecule has 0 fully saturated rings. The van der Waals surface area contributed by atoms with E-state index in [-0.39, 0.29) is 5.91 Å². The van der Waals surface area contributed by atoms with Gasteiger partial charge >= 0.3 is 0 Å². The summed E-state index contributed by atoms with van der Waals surface area (Å²) in [5.41, 5.74) is 8.37. The van der Waals surface area contributed by atoms with Crippen LogP contribution in [0.3, 0.4) is 0 Å². The van der Waals surface area contributed by atoms with Gasteiger partial charge in [-0.05, 0) is 71.9 Å². The summed E-state index contributed by atoms with van der Waals surface area (Å²) >= 11 is 0.